The number of carbonyl (C=O) groups excluding carboxylic acids is 1. The van der Waals surface area contributed by atoms with Gasteiger partial charge in [-0.05, 0) is 19.3 Å². The highest BCUT2D eigenvalue weighted by Crippen LogP contribution is 2.26. The lowest BCUT2D eigenvalue weighted by Crippen LogP contribution is -2.61. The summed E-state index contributed by atoms with van der Waals surface area (Å²) in [4.78, 5) is 13.0. The van der Waals surface area contributed by atoms with Gasteiger partial charge in [-0.3, -0.25) is 9.35 Å². The molecule has 0 aromatic carbocycles. The summed E-state index contributed by atoms with van der Waals surface area (Å²) in [5.74, 6) is -0.263. The summed E-state index contributed by atoms with van der Waals surface area (Å²) in [6.45, 7) is 3.38. The molecule has 1 aliphatic rings. The third-order valence-corrected chi connectivity index (χ3v) is 11.5. The monoisotopic (exact) mass is 836 g/mol. The fourth-order valence-electron chi connectivity index (χ4n) is 7.45. The fraction of sp³-hybridized carbons (Fsp3) is 0.932. The summed E-state index contributed by atoms with van der Waals surface area (Å²) in [7, 11) is -5.08. The average Bonchev–Trinajstić information content (AvgIpc) is 3.18. The number of aliphatic hydroxyl groups is 4. The van der Waals surface area contributed by atoms with Gasteiger partial charge in [0.15, 0.2) is 6.29 Å². The van der Waals surface area contributed by atoms with Crippen molar-refractivity contribution in [1.82, 2.24) is 5.32 Å². The number of allylic oxidation sites excluding steroid dienone is 1. The predicted molar refractivity (Wildman–Crippen MR) is 227 cm³/mol. The first-order chi connectivity index (χ1) is 27.5. The molecular formula is C44H85NO11S. The van der Waals surface area contributed by atoms with Crippen molar-refractivity contribution in [3.8, 4) is 0 Å². The molecule has 0 aliphatic carbocycles. The second kappa shape index (κ2) is 35.6. The van der Waals surface area contributed by atoms with Crippen molar-refractivity contribution < 1.29 is 51.8 Å². The minimum atomic E-state index is -5.08. The van der Waals surface area contributed by atoms with Crippen LogP contribution in [0.3, 0.4) is 0 Å². The average molecular weight is 836 g/mol. The molecule has 6 N–H and O–H groups in total. The van der Waals surface area contributed by atoms with Crippen molar-refractivity contribution >= 4 is 16.3 Å². The highest BCUT2D eigenvalue weighted by molar-refractivity contribution is 7.80. The third kappa shape index (κ3) is 28.9. The lowest BCUT2D eigenvalue weighted by Gasteiger charge is -2.41. The second-order valence-electron chi connectivity index (χ2n) is 16.4. The van der Waals surface area contributed by atoms with Gasteiger partial charge in [0.1, 0.15) is 24.4 Å². The van der Waals surface area contributed by atoms with Crippen LogP contribution in [-0.2, 0) is 28.9 Å². The summed E-state index contributed by atoms with van der Waals surface area (Å²) in [5.41, 5.74) is 0. The van der Waals surface area contributed by atoms with Crippen LogP contribution in [0.25, 0.3) is 0 Å². The molecule has 0 bridgehead atoms. The van der Waals surface area contributed by atoms with Crippen molar-refractivity contribution in [2.75, 3.05) is 13.2 Å². The van der Waals surface area contributed by atoms with E-state index in [2.05, 4.69) is 23.3 Å². The number of nitrogens with one attached hydrogen (secondary N) is 1. The van der Waals surface area contributed by atoms with Gasteiger partial charge in [-0.15, -0.1) is 0 Å². The Morgan fingerprint density at radius 3 is 1.53 bits per heavy atom. The van der Waals surface area contributed by atoms with Gasteiger partial charge in [0.05, 0.1) is 25.4 Å². The van der Waals surface area contributed by atoms with Crippen LogP contribution in [0, 0.1) is 0 Å². The molecule has 57 heavy (non-hydrogen) atoms. The maximum Gasteiger partial charge on any atom is 0.397 e. The normalized spacial score (nSPS) is 21.3. The van der Waals surface area contributed by atoms with E-state index >= 15 is 0 Å². The quantitative estimate of drug-likeness (QED) is 0.0197. The van der Waals surface area contributed by atoms with E-state index in [-0.39, 0.29) is 18.9 Å². The molecule has 1 rings (SSSR count). The molecule has 13 heteroatoms. The topological polar surface area (TPSA) is 192 Å². The molecule has 1 aliphatic heterocycles. The largest absolute Gasteiger partial charge is 0.397 e. The number of rotatable bonds is 39. The number of hydrogen-bond acceptors (Lipinski definition) is 10. The molecule has 0 spiro atoms. The smallest absolute Gasteiger partial charge is 0.394 e. The Balaban J connectivity index is 2.50. The van der Waals surface area contributed by atoms with Crippen molar-refractivity contribution in [3.63, 3.8) is 0 Å². The van der Waals surface area contributed by atoms with Crippen LogP contribution in [0.2, 0.25) is 0 Å². The highest BCUT2D eigenvalue weighted by Gasteiger charge is 2.48. The van der Waals surface area contributed by atoms with Crippen LogP contribution in [0.15, 0.2) is 12.2 Å². The minimum absolute atomic E-state index is 0.263. The zero-order chi connectivity index (χ0) is 42.0. The van der Waals surface area contributed by atoms with Gasteiger partial charge >= 0.3 is 10.4 Å². The molecular weight excluding hydrogens is 751 g/mol. The molecule has 7 unspecified atom stereocenters. The second-order valence-corrected chi connectivity index (χ2v) is 17.4. The molecule has 1 saturated heterocycles. The zero-order valence-electron chi connectivity index (χ0n) is 35.9. The van der Waals surface area contributed by atoms with E-state index in [4.69, 9.17) is 14.0 Å². The van der Waals surface area contributed by atoms with E-state index in [0.717, 1.165) is 38.5 Å². The predicted octanol–water partition coefficient (Wildman–Crippen LogP) is 8.77. The Morgan fingerprint density at radius 2 is 1.11 bits per heavy atom. The standard InChI is InChI=1S/C44H85NO11S/c1-3-5-7-9-11-13-15-16-17-18-19-20-21-22-24-25-27-29-31-33-38(47)37(45-40(48)34-32-30-28-26-23-14-12-10-8-6-4-2)36-54-44-42(50)43(56-57(51,52)53)41(49)39(35-46)55-44/h31,33,37-39,41-44,46-47,49-50H,3-30,32,34-36H2,1-2H3,(H,45,48)(H,51,52,53)/b33-31+. The molecule has 338 valence electrons. The van der Waals surface area contributed by atoms with Crippen molar-refractivity contribution in [2.24, 2.45) is 0 Å². The van der Waals surface area contributed by atoms with Gasteiger partial charge < -0.3 is 35.2 Å². The number of ether oxygens (including phenoxy) is 2. The van der Waals surface area contributed by atoms with E-state index in [1.807, 2.05) is 6.08 Å². The molecule has 1 heterocycles. The maximum atomic E-state index is 13.0. The van der Waals surface area contributed by atoms with E-state index in [0.29, 0.717) is 6.42 Å². The molecule has 0 aromatic rings. The van der Waals surface area contributed by atoms with Gasteiger partial charge in [-0.25, -0.2) is 4.18 Å². The van der Waals surface area contributed by atoms with E-state index in [1.54, 1.807) is 6.08 Å². The lowest BCUT2D eigenvalue weighted by atomic mass is 9.99. The van der Waals surface area contributed by atoms with Crippen LogP contribution in [0.5, 0.6) is 0 Å². The zero-order valence-corrected chi connectivity index (χ0v) is 36.7. The van der Waals surface area contributed by atoms with Gasteiger partial charge in [-0.1, -0.05) is 193 Å². The summed E-state index contributed by atoms with van der Waals surface area (Å²) in [6.07, 6.45) is 29.7. The number of aliphatic hydroxyl groups excluding tert-OH is 4. The van der Waals surface area contributed by atoms with Crippen LogP contribution in [0.1, 0.15) is 206 Å². The summed E-state index contributed by atoms with van der Waals surface area (Å²) in [5, 5.41) is 44.6. The first-order valence-electron chi connectivity index (χ1n) is 23.1. The summed E-state index contributed by atoms with van der Waals surface area (Å²) >= 11 is 0. The third-order valence-electron chi connectivity index (χ3n) is 11.1. The fourth-order valence-corrected chi connectivity index (χ4v) is 7.96. The minimum Gasteiger partial charge on any atom is -0.394 e. The Morgan fingerprint density at radius 1 is 0.684 bits per heavy atom. The van der Waals surface area contributed by atoms with Crippen molar-refractivity contribution in [3.05, 3.63) is 12.2 Å². The van der Waals surface area contributed by atoms with Gasteiger partial charge in [0.2, 0.25) is 5.91 Å². The SMILES string of the molecule is CCCCCCCCCCCCCCCCCCC/C=C/C(O)C(COC1OC(CO)C(O)C(OS(=O)(=O)O)C1O)NC(=O)CCCCCCCCCCCCC. The van der Waals surface area contributed by atoms with Gasteiger partial charge in [0, 0.05) is 6.42 Å². The van der Waals surface area contributed by atoms with Crippen molar-refractivity contribution in [1.29, 1.82) is 0 Å². The molecule has 12 nitrogen and oxygen atoms in total. The summed E-state index contributed by atoms with van der Waals surface area (Å²) < 4.78 is 47.5. The van der Waals surface area contributed by atoms with Crippen molar-refractivity contribution in [2.45, 2.75) is 249 Å². The number of hydrogen-bond donors (Lipinski definition) is 6. The molecule has 0 radical (unpaired) electrons. The molecule has 7 atom stereocenters. The number of carbonyl (C=O) groups is 1. The van der Waals surface area contributed by atoms with Crippen LogP contribution < -0.4 is 5.32 Å². The molecule has 1 fully saturated rings. The van der Waals surface area contributed by atoms with Gasteiger partial charge in [0.25, 0.3) is 0 Å². The molecule has 0 saturated carbocycles. The Hall–Kier alpha value is -1.16. The first kappa shape index (κ1) is 53.9. The Labute approximate surface area is 347 Å². The number of unbranched alkanes of at least 4 members (excludes halogenated alkanes) is 27. The van der Waals surface area contributed by atoms with E-state index in [1.165, 1.54) is 141 Å². The van der Waals surface area contributed by atoms with E-state index in [9.17, 15) is 33.6 Å². The molecule has 1 amide bonds. The first-order valence-corrected chi connectivity index (χ1v) is 24.4. The number of amides is 1. The van der Waals surface area contributed by atoms with Crippen LogP contribution >= 0.6 is 0 Å². The molecule has 0 aromatic heterocycles. The van der Waals surface area contributed by atoms with Crippen LogP contribution in [-0.4, -0.2) is 95.4 Å². The Bertz CT molecular complexity index is 1080. The van der Waals surface area contributed by atoms with Crippen LogP contribution in [0.4, 0.5) is 0 Å². The maximum absolute atomic E-state index is 13.0. The highest BCUT2D eigenvalue weighted by atomic mass is 32.3. The van der Waals surface area contributed by atoms with Gasteiger partial charge in [-0.2, -0.15) is 8.42 Å². The Kier molecular flexibility index (Phi) is 33.6. The lowest BCUT2D eigenvalue weighted by molar-refractivity contribution is -0.298. The van der Waals surface area contributed by atoms with E-state index < -0.39 is 59.9 Å². The summed E-state index contributed by atoms with van der Waals surface area (Å²) in [6, 6.07) is -0.937.